The van der Waals surface area contributed by atoms with Gasteiger partial charge in [0.05, 0.1) is 67.5 Å². The third kappa shape index (κ3) is 6.12. The predicted octanol–water partition coefficient (Wildman–Crippen LogP) is 1.45. The number of fused-ring (bicyclic) bond motifs is 3. The second-order valence-corrected chi connectivity index (χ2v) is 12.7. The molecule has 2 aromatic carbocycles. The Labute approximate surface area is 288 Å². The zero-order valence-corrected chi connectivity index (χ0v) is 28.2. The Morgan fingerprint density at radius 3 is 2.22 bits per heavy atom. The molecule has 6 unspecified atom stereocenters. The maximum Gasteiger partial charge on any atom is 0.202 e. The van der Waals surface area contributed by atoms with Gasteiger partial charge in [-0.1, -0.05) is 12.1 Å². The van der Waals surface area contributed by atoms with Crippen molar-refractivity contribution in [3.63, 3.8) is 0 Å². The summed E-state index contributed by atoms with van der Waals surface area (Å²) in [6.45, 7) is 2.48. The van der Waals surface area contributed by atoms with Crippen LogP contribution in [0, 0.1) is 22.7 Å². The molecule has 1 saturated heterocycles. The lowest BCUT2D eigenvalue weighted by atomic mass is 9.72. The van der Waals surface area contributed by atoms with Gasteiger partial charge in [-0.3, -0.25) is 19.3 Å². The molecule has 2 aliphatic carbocycles. The highest BCUT2D eigenvalue weighted by molar-refractivity contribution is 6.31. The number of hydrogen-bond acceptors (Lipinski definition) is 15. The fraction of sp³-hybridized carbons (Fsp3) is 0.514. The van der Waals surface area contributed by atoms with Crippen molar-refractivity contribution >= 4 is 17.3 Å². The van der Waals surface area contributed by atoms with E-state index < -0.39 is 101 Å². The Hall–Kier alpha value is -4.45. The number of aliphatic hydroxyl groups excluding tert-OH is 1. The van der Waals surface area contributed by atoms with Crippen molar-refractivity contribution in [1.29, 1.82) is 10.5 Å². The Morgan fingerprint density at radius 1 is 1.04 bits per heavy atom. The van der Waals surface area contributed by atoms with Gasteiger partial charge in [0.15, 0.2) is 17.9 Å². The molecule has 1 fully saturated rings. The van der Waals surface area contributed by atoms with E-state index in [1.54, 1.807) is 6.92 Å². The number of carbonyl (C=O) groups is 3. The van der Waals surface area contributed by atoms with Crippen molar-refractivity contribution in [3.8, 4) is 29.4 Å². The quantitative estimate of drug-likeness (QED) is 0.208. The predicted molar refractivity (Wildman–Crippen MR) is 171 cm³/mol. The minimum atomic E-state index is -2.13. The molecule has 0 radical (unpaired) electrons. The molecule has 8 atom stereocenters. The SMILES string of the molecule is COCC(C#N)N(C(C#N)COC)C1CC(O[C@H]2C[C@](O)(C(C)=O)Cc3c(O)c4c(c(O)c32)C(=O)c2c(OC)cccc2C4=O)OC(C)C1O. The van der Waals surface area contributed by atoms with Crippen LogP contribution in [0.4, 0.5) is 0 Å². The highest BCUT2D eigenvalue weighted by Crippen LogP contribution is 2.52. The number of ketones is 3. The monoisotopic (exact) mass is 693 g/mol. The molecular formula is C35H39N3O12. The average molecular weight is 694 g/mol. The van der Waals surface area contributed by atoms with Gasteiger partial charge in [0.2, 0.25) is 5.78 Å². The lowest BCUT2D eigenvalue weighted by Crippen LogP contribution is -2.62. The van der Waals surface area contributed by atoms with Crippen molar-refractivity contribution in [1.82, 2.24) is 4.90 Å². The molecule has 4 N–H and O–H groups in total. The molecule has 0 spiro atoms. The molecule has 3 aliphatic rings. The molecule has 5 rings (SSSR count). The van der Waals surface area contributed by atoms with Gasteiger partial charge in [-0.15, -0.1) is 0 Å². The van der Waals surface area contributed by atoms with E-state index in [-0.39, 0.29) is 47.6 Å². The van der Waals surface area contributed by atoms with Crippen molar-refractivity contribution in [2.45, 2.75) is 81.4 Å². The lowest BCUT2D eigenvalue weighted by molar-refractivity contribution is -0.261. The summed E-state index contributed by atoms with van der Waals surface area (Å²) >= 11 is 0. The first-order chi connectivity index (χ1) is 23.8. The van der Waals surface area contributed by atoms with Gasteiger partial charge in [-0.25, -0.2) is 0 Å². The van der Waals surface area contributed by atoms with E-state index in [1.807, 2.05) is 0 Å². The van der Waals surface area contributed by atoms with Crippen LogP contribution < -0.4 is 4.74 Å². The number of nitrogens with zero attached hydrogens (tertiary/aromatic N) is 3. The summed E-state index contributed by atoms with van der Waals surface area (Å²) in [5.41, 5.74) is -3.57. The first-order valence-corrected chi connectivity index (χ1v) is 15.9. The summed E-state index contributed by atoms with van der Waals surface area (Å²) in [4.78, 5) is 42.0. The Morgan fingerprint density at radius 2 is 1.66 bits per heavy atom. The fourth-order valence-corrected chi connectivity index (χ4v) is 7.27. The van der Waals surface area contributed by atoms with Crippen LogP contribution in [0.3, 0.4) is 0 Å². The number of aliphatic hydroxyl groups is 2. The number of rotatable bonds is 11. The number of hydrogen-bond donors (Lipinski definition) is 4. The summed E-state index contributed by atoms with van der Waals surface area (Å²) in [6.07, 6.45) is -5.91. The topological polar surface area (TPSA) is 229 Å². The summed E-state index contributed by atoms with van der Waals surface area (Å²) in [6, 6.07) is 5.64. The lowest BCUT2D eigenvalue weighted by Gasteiger charge is -2.47. The first kappa shape index (κ1) is 36.8. The van der Waals surface area contributed by atoms with E-state index in [1.165, 1.54) is 44.4 Å². The van der Waals surface area contributed by atoms with Crippen LogP contribution in [0.5, 0.6) is 17.2 Å². The Kier molecular flexibility index (Phi) is 10.6. The molecule has 0 saturated carbocycles. The number of carbonyl (C=O) groups excluding carboxylic acids is 3. The number of phenols is 2. The maximum atomic E-state index is 13.9. The minimum Gasteiger partial charge on any atom is -0.507 e. The van der Waals surface area contributed by atoms with Gasteiger partial charge in [-0.2, -0.15) is 10.5 Å². The normalized spacial score (nSPS) is 27.0. The van der Waals surface area contributed by atoms with Crippen LogP contribution in [0.2, 0.25) is 0 Å². The van der Waals surface area contributed by atoms with Gasteiger partial charge in [0, 0.05) is 56.2 Å². The molecule has 0 amide bonds. The van der Waals surface area contributed by atoms with Crippen LogP contribution in [-0.2, 0) is 30.2 Å². The van der Waals surface area contributed by atoms with E-state index in [9.17, 15) is 45.3 Å². The molecular weight excluding hydrogens is 654 g/mol. The Bertz CT molecular complexity index is 1760. The van der Waals surface area contributed by atoms with Crippen LogP contribution in [0.15, 0.2) is 18.2 Å². The maximum absolute atomic E-state index is 13.9. The molecule has 0 bridgehead atoms. The minimum absolute atomic E-state index is 0.0611. The van der Waals surface area contributed by atoms with Crippen LogP contribution in [-0.4, -0.2) is 119 Å². The van der Waals surface area contributed by atoms with Crippen LogP contribution >= 0.6 is 0 Å². The third-order valence-corrected chi connectivity index (χ3v) is 9.77. The number of Topliss-reactive ketones (excluding diaryl/α,β-unsaturated/α-hetero) is 1. The van der Waals surface area contributed by atoms with Crippen molar-refractivity contribution in [3.05, 3.63) is 51.6 Å². The largest absolute Gasteiger partial charge is 0.507 e. The number of aromatic hydroxyl groups is 2. The zero-order chi connectivity index (χ0) is 36.7. The highest BCUT2D eigenvalue weighted by Gasteiger charge is 2.50. The van der Waals surface area contributed by atoms with Crippen molar-refractivity contribution < 1.29 is 58.5 Å². The molecule has 1 heterocycles. The fourth-order valence-electron chi connectivity index (χ4n) is 7.27. The van der Waals surface area contributed by atoms with Gasteiger partial charge in [0.25, 0.3) is 0 Å². The highest BCUT2D eigenvalue weighted by atomic mass is 16.7. The molecule has 15 heteroatoms. The second-order valence-electron chi connectivity index (χ2n) is 12.7. The molecule has 266 valence electrons. The summed E-state index contributed by atoms with van der Waals surface area (Å²) in [7, 11) is 4.09. The number of phenolic OH excluding ortho intramolecular Hbond substituents is 2. The first-order valence-electron chi connectivity index (χ1n) is 15.9. The Balaban J connectivity index is 1.61. The van der Waals surface area contributed by atoms with Crippen molar-refractivity contribution in [2.24, 2.45) is 0 Å². The average Bonchev–Trinajstić information content (AvgIpc) is 3.09. The second kappa shape index (κ2) is 14.4. The summed E-state index contributed by atoms with van der Waals surface area (Å²) < 4.78 is 28.1. The molecule has 0 aromatic heterocycles. The molecule has 2 aromatic rings. The number of nitriles is 2. The van der Waals surface area contributed by atoms with Crippen LogP contribution in [0.25, 0.3) is 0 Å². The van der Waals surface area contributed by atoms with Crippen LogP contribution in [0.1, 0.15) is 75.8 Å². The third-order valence-electron chi connectivity index (χ3n) is 9.77. The van der Waals surface area contributed by atoms with E-state index >= 15 is 0 Å². The molecule has 50 heavy (non-hydrogen) atoms. The number of methoxy groups -OCH3 is 3. The zero-order valence-electron chi connectivity index (χ0n) is 28.2. The summed E-state index contributed by atoms with van der Waals surface area (Å²) in [5, 5.41) is 66.3. The number of benzene rings is 2. The van der Waals surface area contributed by atoms with E-state index in [2.05, 4.69) is 12.1 Å². The smallest absolute Gasteiger partial charge is 0.202 e. The molecule has 15 nitrogen and oxygen atoms in total. The van der Waals surface area contributed by atoms with E-state index in [0.717, 1.165) is 6.92 Å². The summed E-state index contributed by atoms with van der Waals surface area (Å²) in [5.74, 6) is -3.56. The number of ether oxygens (including phenoxy) is 5. The standard InChI is InChI=1S/C35H39N3O12/c1-16-30(40)22(38(18(12-36)14-46-3)19(13-37)15-47-4)9-25(49-16)50-24-11-35(45,17(2)39)10-21-27(24)34(44)29-28(32(21)42)31(41)20-7-6-8-23(48-5)26(20)33(29)43/h6-8,16,18-19,22,24-25,30,40,42,44-45H,9-11,14-15H2,1-5H3/t16?,18?,19?,22?,24-,25?,30?,35-/m0/s1. The van der Waals surface area contributed by atoms with Gasteiger partial charge in [0.1, 0.15) is 34.9 Å². The van der Waals surface area contributed by atoms with Gasteiger partial charge in [-0.05, 0) is 19.9 Å². The van der Waals surface area contributed by atoms with Gasteiger partial charge < -0.3 is 44.1 Å². The van der Waals surface area contributed by atoms with E-state index in [0.29, 0.717) is 0 Å². The van der Waals surface area contributed by atoms with Crippen molar-refractivity contribution in [2.75, 3.05) is 34.5 Å². The van der Waals surface area contributed by atoms with Gasteiger partial charge >= 0.3 is 0 Å². The van der Waals surface area contributed by atoms with E-state index in [4.69, 9.17) is 23.7 Å². The molecule has 1 aliphatic heterocycles.